The van der Waals surface area contributed by atoms with Crippen molar-refractivity contribution < 1.29 is 40.6 Å². The topological polar surface area (TPSA) is 109 Å². The zero-order chi connectivity index (χ0) is 21.7. The molecule has 0 spiro atoms. The largest absolute Gasteiger partial charge is 0.490 e. The predicted octanol–water partition coefficient (Wildman–Crippen LogP) is 1.83. The van der Waals surface area contributed by atoms with Crippen LogP contribution in [0.3, 0.4) is 0 Å². The number of carbonyl (C=O) groups is 1. The van der Waals surface area contributed by atoms with E-state index in [1.807, 2.05) is 6.07 Å². The number of piperidine rings is 1. The van der Waals surface area contributed by atoms with E-state index in [0.29, 0.717) is 12.5 Å². The van der Waals surface area contributed by atoms with Crippen molar-refractivity contribution in [2.24, 2.45) is 5.92 Å². The first-order valence-corrected chi connectivity index (χ1v) is 10.8. The van der Waals surface area contributed by atoms with Gasteiger partial charge in [-0.3, -0.25) is 4.90 Å². The van der Waals surface area contributed by atoms with Crippen molar-refractivity contribution in [2.75, 3.05) is 25.4 Å². The van der Waals surface area contributed by atoms with Gasteiger partial charge in [0.2, 0.25) is 10.0 Å². The quantitative estimate of drug-likeness (QED) is 0.716. The maximum Gasteiger partial charge on any atom is 0.490 e. The van der Waals surface area contributed by atoms with Gasteiger partial charge in [-0.2, -0.15) is 13.2 Å². The molecule has 0 amide bonds. The molecular formula is C17H25F3N2O6S. The highest BCUT2D eigenvalue weighted by Gasteiger charge is 2.40. The Morgan fingerprint density at radius 1 is 1.38 bits per heavy atom. The fraction of sp³-hybridized carbons (Fsp3) is 0.706. The minimum absolute atomic E-state index is 0.00400. The van der Waals surface area contributed by atoms with Crippen LogP contribution in [0.5, 0.6) is 0 Å². The first kappa shape index (κ1) is 23.6. The smallest absolute Gasteiger partial charge is 0.475 e. The third kappa shape index (κ3) is 7.28. The average molecular weight is 442 g/mol. The van der Waals surface area contributed by atoms with Crippen LogP contribution in [0.25, 0.3) is 0 Å². The van der Waals surface area contributed by atoms with Gasteiger partial charge >= 0.3 is 12.1 Å². The van der Waals surface area contributed by atoms with Crippen molar-refractivity contribution in [3.05, 3.63) is 24.2 Å². The van der Waals surface area contributed by atoms with Gasteiger partial charge in [-0.15, -0.1) is 0 Å². The summed E-state index contributed by atoms with van der Waals surface area (Å²) in [5.41, 5.74) is 1.12. The molecule has 1 aromatic heterocycles. The van der Waals surface area contributed by atoms with Crippen LogP contribution in [0, 0.1) is 5.92 Å². The number of ether oxygens (including phenoxy) is 1. The molecule has 3 heterocycles. The van der Waals surface area contributed by atoms with Crippen molar-refractivity contribution in [1.29, 1.82) is 0 Å². The van der Waals surface area contributed by atoms with Crippen molar-refractivity contribution >= 4 is 16.0 Å². The lowest BCUT2D eigenvalue weighted by molar-refractivity contribution is -0.192. The summed E-state index contributed by atoms with van der Waals surface area (Å²) in [7, 11) is -3.23. The maximum absolute atomic E-state index is 12.0. The zero-order valence-corrected chi connectivity index (χ0v) is 16.7. The van der Waals surface area contributed by atoms with Crippen LogP contribution in [0.15, 0.2) is 23.0 Å². The Bertz CT molecular complexity index is 754. The zero-order valence-electron chi connectivity index (χ0n) is 15.9. The summed E-state index contributed by atoms with van der Waals surface area (Å²) >= 11 is 0. The first-order valence-electron chi connectivity index (χ1n) is 9.17. The molecule has 0 saturated carbocycles. The van der Waals surface area contributed by atoms with Gasteiger partial charge in [-0.1, -0.05) is 0 Å². The second-order valence-electron chi connectivity index (χ2n) is 6.99. The fourth-order valence-electron chi connectivity index (χ4n) is 3.48. The summed E-state index contributed by atoms with van der Waals surface area (Å²) in [6, 6.07) is 1.78. The molecule has 3 rings (SSSR count). The molecule has 0 aliphatic carbocycles. The summed E-state index contributed by atoms with van der Waals surface area (Å²) in [5, 5.41) is 7.12. The highest BCUT2D eigenvalue weighted by molar-refractivity contribution is 7.89. The Hall–Kier alpha value is -1.63. The Balaban J connectivity index is 0.000000370. The van der Waals surface area contributed by atoms with E-state index in [2.05, 4.69) is 9.62 Å². The van der Waals surface area contributed by atoms with Gasteiger partial charge in [0.15, 0.2) is 0 Å². The number of halogens is 3. The standard InChI is InChI=1S/C15H24N2O4S.C2HF3O2/c1-2-22(18,19)16-14-10-17(8-12-5-7-20-11-12)9-13-4-3-6-21-15(13)14;3-2(4,5)1(6)7/h5,7,11,13-16H,2-4,6,8-10H2,1H3;(H,6,7)/t13-,14+,15-;/m0./s1. The van der Waals surface area contributed by atoms with E-state index in [1.54, 1.807) is 19.5 Å². The maximum atomic E-state index is 12.0. The molecule has 166 valence electrons. The summed E-state index contributed by atoms with van der Waals surface area (Å²) in [6.07, 6.45) is 0.471. The minimum Gasteiger partial charge on any atom is -0.475 e. The van der Waals surface area contributed by atoms with Crippen LogP contribution in [0.2, 0.25) is 0 Å². The van der Waals surface area contributed by atoms with E-state index in [4.69, 9.17) is 19.1 Å². The number of rotatable bonds is 5. The monoisotopic (exact) mass is 442 g/mol. The molecule has 29 heavy (non-hydrogen) atoms. The van der Waals surface area contributed by atoms with Gasteiger partial charge in [0.25, 0.3) is 0 Å². The summed E-state index contributed by atoms with van der Waals surface area (Å²) in [6.45, 7) is 4.79. The number of alkyl halides is 3. The fourth-order valence-corrected chi connectivity index (χ4v) is 4.32. The normalized spacial score (nSPS) is 25.6. The minimum atomic E-state index is -5.08. The van der Waals surface area contributed by atoms with Gasteiger partial charge in [0, 0.05) is 31.8 Å². The third-order valence-electron chi connectivity index (χ3n) is 4.78. The Labute approximate surface area is 167 Å². The molecule has 0 unspecified atom stereocenters. The highest BCUT2D eigenvalue weighted by atomic mass is 32.2. The SMILES string of the molecule is CCS(=O)(=O)N[C@@H]1CN(Cc2ccoc2)C[C@@H]2CCCO[C@@H]21.O=C(O)C(F)(F)F. The number of nitrogens with zero attached hydrogens (tertiary/aromatic N) is 1. The molecule has 2 N–H and O–H groups in total. The van der Waals surface area contributed by atoms with E-state index >= 15 is 0 Å². The van der Waals surface area contributed by atoms with Gasteiger partial charge < -0.3 is 14.3 Å². The summed E-state index contributed by atoms with van der Waals surface area (Å²) in [4.78, 5) is 11.2. The molecule has 12 heteroatoms. The number of nitrogens with one attached hydrogen (secondary N) is 1. The molecule has 3 atom stereocenters. The molecule has 1 aromatic rings. The number of hydrogen-bond donors (Lipinski definition) is 2. The molecule has 0 radical (unpaired) electrons. The number of hydrogen-bond acceptors (Lipinski definition) is 6. The van der Waals surface area contributed by atoms with Crippen molar-refractivity contribution in [1.82, 2.24) is 9.62 Å². The summed E-state index contributed by atoms with van der Waals surface area (Å²) < 4.78 is 69.5. The third-order valence-corrected chi connectivity index (χ3v) is 6.20. The van der Waals surface area contributed by atoms with Crippen LogP contribution < -0.4 is 4.72 Å². The number of likely N-dealkylation sites (tertiary alicyclic amines) is 1. The second-order valence-corrected chi connectivity index (χ2v) is 9.04. The van der Waals surface area contributed by atoms with E-state index in [-0.39, 0.29) is 17.9 Å². The number of aliphatic carboxylic acids is 1. The molecule has 0 aromatic carbocycles. The van der Waals surface area contributed by atoms with Gasteiger partial charge in [0.05, 0.1) is 30.4 Å². The molecule has 2 aliphatic heterocycles. The number of carboxylic acid groups (broad SMARTS) is 1. The van der Waals surface area contributed by atoms with E-state index in [1.165, 1.54) is 0 Å². The first-order chi connectivity index (χ1) is 13.5. The molecule has 0 bridgehead atoms. The predicted molar refractivity (Wildman–Crippen MR) is 96.5 cm³/mol. The van der Waals surface area contributed by atoms with E-state index in [9.17, 15) is 21.6 Å². The van der Waals surface area contributed by atoms with Crippen LogP contribution in [0.4, 0.5) is 13.2 Å². The molecule has 8 nitrogen and oxygen atoms in total. The van der Waals surface area contributed by atoms with Gasteiger partial charge in [0.1, 0.15) is 0 Å². The molecule has 2 fully saturated rings. The Morgan fingerprint density at radius 3 is 2.62 bits per heavy atom. The van der Waals surface area contributed by atoms with E-state index < -0.39 is 22.2 Å². The average Bonchev–Trinajstić information content (AvgIpc) is 3.14. The molecular weight excluding hydrogens is 417 g/mol. The van der Waals surface area contributed by atoms with Gasteiger partial charge in [-0.25, -0.2) is 17.9 Å². The number of carboxylic acids is 1. The number of sulfonamides is 1. The molecule has 2 aliphatic rings. The lowest BCUT2D eigenvalue weighted by atomic mass is 9.85. The Kier molecular flexibility index (Phi) is 8.09. The van der Waals surface area contributed by atoms with Gasteiger partial charge in [-0.05, 0) is 31.7 Å². The van der Waals surface area contributed by atoms with Crippen molar-refractivity contribution in [3.63, 3.8) is 0 Å². The lowest BCUT2D eigenvalue weighted by Gasteiger charge is -2.45. The number of furan rings is 1. The van der Waals surface area contributed by atoms with E-state index in [0.717, 1.165) is 38.1 Å². The van der Waals surface area contributed by atoms with Crippen molar-refractivity contribution in [3.8, 4) is 0 Å². The highest BCUT2D eigenvalue weighted by Crippen LogP contribution is 2.29. The van der Waals surface area contributed by atoms with Crippen molar-refractivity contribution in [2.45, 2.75) is 44.6 Å². The lowest BCUT2D eigenvalue weighted by Crippen LogP contribution is -2.60. The second kappa shape index (κ2) is 9.92. The van der Waals surface area contributed by atoms with Crippen LogP contribution in [-0.2, 0) is 26.1 Å². The van der Waals surface area contributed by atoms with Crippen LogP contribution in [-0.4, -0.2) is 68.2 Å². The summed E-state index contributed by atoms with van der Waals surface area (Å²) in [5.74, 6) is -2.27. The Morgan fingerprint density at radius 2 is 2.07 bits per heavy atom. The van der Waals surface area contributed by atoms with Crippen LogP contribution in [0.1, 0.15) is 25.3 Å². The number of fused-ring (bicyclic) bond motifs is 1. The van der Waals surface area contributed by atoms with Crippen LogP contribution >= 0.6 is 0 Å². The molecule has 2 saturated heterocycles.